The number of rotatable bonds is 3. The third-order valence-corrected chi connectivity index (χ3v) is 3.25. The number of nitrogens with one attached hydrogen (secondary N) is 1. The number of nitrogens with zero attached hydrogens (tertiary/aromatic N) is 1. The Labute approximate surface area is 92.5 Å². The van der Waals surface area contributed by atoms with Gasteiger partial charge in [0.05, 0.1) is 5.70 Å². The van der Waals surface area contributed by atoms with E-state index in [0.717, 1.165) is 19.5 Å². The van der Waals surface area contributed by atoms with Crippen LogP contribution in [0.5, 0.6) is 0 Å². The quantitative estimate of drug-likeness (QED) is 0.718. The van der Waals surface area contributed by atoms with Crippen LogP contribution in [0.1, 0.15) is 26.7 Å². The predicted molar refractivity (Wildman–Crippen MR) is 62.3 cm³/mol. The summed E-state index contributed by atoms with van der Waals surface area (Å²) in [6.07, 6.45) is 2.36. The third kappa shape index (κ3) is 2.98. The molecule has 3 nitrogen and oxygen atoms in total. The molecule has 0 aromatic rings. The van der Waals surface area contributed by atoms with E-state index in [2.05, 4.69) is 25.7 Å². The summed E-state index contributed by atoms with van der Waals surface area (Å²) in [5, 5.41) is 2.82. The van der Waals surface area contributed by atoms with Gasteiger partial charge in [0.25, 0.3) is 5.91 Å². The van der Waals surface area contributed by atoms with Crippen molar-refractivity contribution in [3.63, 3.8) is 0 Å². The lowest BCUT2D eigenvalue weighted by molar-refractivity contribution is -0.129. The van der Waals surface area contributed by atoms with Crippen LogP contribution >= 0.6 is 0 Å². The van der Waals surface area contributed by atoms with E-state index >= 15 is 0 Å². The van der Waals surface area contributed by atoms with Crippen molar-refractivity contribution in [3.8, 4) is 0 Å². The van der Waals surface area contributed by atoms with Crippen molar-refractivity contribution in [2.24, 2.45) is 11.8 Å². The fourth-order valence-electron chi connectivity index (χ4n) is 2.04. The first-order chi connectivity index (χ1) is 7.06. The highest BCUT2D eigenvalue weighted by Crippen LogP contribution is 2.23. The van der Waals surface area contributed by atoms with Gasteiger partial charge in [-0.15, -0.1) is 0 Å². The first-order valence-corrected chi connectivity index (χ1v) is 5.72. The van der Waals surface area contributed by atoms with E-state index in [1.54, 1.807) is 7.05 Å². The molecule has 1 atom stereocenters. The Kier molecular flexibility index (Phi) is 4.18. The topological polar surface area (TPSA) is 32.3 Å². The van der Waals surface area contributed by atoms with E-state index in [-0.39, 0.29) is 5.91 Å². The van der Waals surface area contributed by atoms with Crippen molar-refractivity contribution in [1.29, 1.82) is 0 Å². The molecular weight excluding hydrogens is 188 g/mol. The van der Waals surface area contributed by atoms with Gasteiger partial charge in [0.2, 0.25) is 0 Å². The van der Waals surface area contributed by atoms with Gasteiger partial charge in [0.1, 0.15) is 0 Å². The van der Waals surface area contributed by atoms with Crippen LogP contribution in [0.15, 0.2) is 12.3 Å². The van der Waals surface area contributed by atoms with Crippen LogP contribution in [0, 0.1) is 11.8 Å². The maximum absolute atomic E-state index is 11.9. The molecule has 0 aromatic carbocycles. The van der Waals surface area contributed by atoms with Crippen LogP contribution < -0.4 is 5.32 Å². The van der Waals surface area contributed by atoms with E-state index in [1.807, 2.05) is 4.90 Å². The van der Waals surface area contributed by atoms with Gasteiger partial charge in [-0.05, 0) is 24.7 Å². The molecule has 0 spiro atoms. The highest BCUT2D eigenvalue weighted by Gasteiger charge is 2.26. The molecule has 0 bridgehead atoms. The van der Waals surface area contributed by atoms with Crippen molar-refractivity contribution < 1.29 is 4.79 Å². The molecule has 1 heterocycles. The molecule has 1 saturated heterocycles. The predicted octanol–water partition coefficient (Wildman–Crippen LogP) is 1.61. The van der Waals surface area contributed by atoms with Crippen molar-refractivity contribution in [3.05, 3.63) is 12.3 Å². The molecular formula is C12H22N2O. The van der Waals surface area contributed by atoms with Crippen molar-refractivity contribution >= 4 is 5.91 Å². The van der Waals surface area contributed by atoms with E-state index < -0.39 is 0 Å². The Balaban J connectivity index is 2.56. The highest BCUT2D eigenvalue weighted by molar-refractivity contribution is 5.92. The second-order valence-electron chi connectivity index (χ2n) is 4.63. The van der Waals surface area contributed by atoms with E-state index in [9.17, 15) is 4.79 Å². The molecule has 15 heavy (non-hydrogen) atoms. The highest BCUT2D eigenvalue weighted by atomic mass is 16.2. The SMILES string of the molecule is C=C(NC)C(=O)N1CCCC(C(C)C)C1. The Morgan fingerprint density at radius 3 is 2.73 bits per heavy atom. The zero-order valence-corrected chi connectivity index (χ0v) is 10.0. The second-order valence-corrected chi connectivity index (χ2v) is 4.63. The zero-order valence-electron chi connectivity index (χ0n) is 10.0. The molecule has 1 N–H and O–H groups in total. The number of hydrogen-bond donors (Lipinski definition) is 1. The molecule has 0 aliphatic carbocycles. The molecule has 0 radical (unpaired) electrons. The largest absolute Gasteiger partial charge is 0.384 e. The van der Waals surface area contributed by atoms with Gasteiger partial charge in [-0.25, -0.2) is 0 Å². The minimum absolute atomic E-state index is 0.0582. The molecule has 86 valence electrons. The summed E-state index contributed by atoms with van der Waals surface area (Å²) in [5.41, 5.74) is 0.499. The maximum atomic E-state index is 11.9. The number of carbonyl (C=O) groups excluding carboxylic acids is 1. The van der Waals surface area contributed by atoms with Gasteiger partial charge < -0.3 is 10.2 Å². The normalized spacial score (nSPS) is 21.6. The van der Waals surface area contributed by atoms with Crippen LogP contribution in [-0.2, 0) is 4.79 Å². The third-order valence-electron chi connectivity index (χ3n) is 3.25. The molecule has 0 aromatic heterocycles. The van der Waals surface area contributed by atoms with Gasteiger partial charge in [-0.1, -0.05) is 20.4 Å². The smallest absolute Gasteiger partial charge is 0.269 e. The van der Waals surface area contributed by atoms with Crippen LogP contribution in [-0.4, -0.2) is 30.9 Å². The van der Waals surface area contributed by atoms with Gasteiger partial charge >= 0.3 is 0 Å². The molecule has 1 aliphatic rings. The number of carbonyl (C=O) groups is 1. The summed E-state index contributed by atoms with van der Waals surface area (Å²) in [7, 11) is 1.74. The molecule has 1 fully saturated rings. The summed E-state index contributed by atoms with van der Waals surface area (Å²) in [6, 6.07) is 0. The Bertz CT molecular complexity index is 248. The van der Waals surface area contributed by atoms with Gasteiger partial charge in [0, 0.05) is 20.1 Å². The van der Waals surface area contributed by atoms with Gasteiger partial charge in [0.15, 0.2) is 0 Å². The molecule has 1 unspecified atom stereocenters. The van der Waals surface area contributed by atoms with E-state index in [1.165, 1.54) is 6.42 Å². The van der Waals surface area contributed by atoms with Crippen molar-refractivity contribution in [2.75, 3.05) is 20.1 Å². The number of likely N-dealkylation sites (tertiary alicyclic amines) is 1. The summed E-state index contributed by atoms with van der Waals surface area (Å²) in [6.45, 7) is 9.94. The van der Waals surface area contributed by atoms with Crippen molar-refractivity contribution in [2.45, 2.75) is 26.7 Å². The van der Waals surface area contributed by atoms with Gasteiger partial charge in [-0.3, -0.25) is 4.79 Å². The Morgan fingerprint density at radius 2 is 2.20 bits per heavy atom. The minimum Gasteiger partial charge on any atom is -0.384 e. The number of amides is 1. The molecule has 1 rings (SSSR count). The fraction of sp³-hybridized carbons (Fsp3) is 0.750. The number of likely N-dealkylation sites (N-methyl/N-ethyl adjacent to an activating group) is 1. The average molecular weight is 210 g/mol. The first kappa shape index (κ1) is 12.1. The molecule has 3 heteroatoms. The average Bonchev–Trinajstić information content (AvgIpc) is 2.27. The number of hydrogen-bond acceptors (Lipinski definition) is 2. The Morgan fingerprint density at radius 1 is 1.53 bits per heavy atom. The molecule has 1 amide bonds. The molecule has 0 saturated carbocycles. The van der Waals surface area contributed by atoms with Crippen LogP contribution in [0.25, 0.3) is 0 Å². The molecule has 1 aliphatic heterocycles. The van der Waals surface area contributed by atoms with Gasteiger partial charge in [-0.2, -0.15) is 0 Å². The lowest BCUT2D eigenvalue weighted by Crippen LogP contribution is -2.43. The summed E-state index contributed by atoms with van der Waals surface area (Å²) < 4.78 is 0. The van der Waals surface area contributed by atoms with Crippen LogP contribution in [0.4, 0.5) is 0 Å². The summed E-state index contributed by atoms with van der Waals surface area (Å²) in [4.78, 5) is 13.8. The van der Waals surface area contributed by atoms with Crippen LogP contribution in [0.2, 0.25) is 0 Å². The fourth-order valence-corrected chi connectivity index (χ4v) is 2.04. The Hall–Kier alpha value is -0.990. The number of piperidine rings is 1. The lowest BCUT2D eigenvalue weighted by Gasteiger charge is -2.35. The second kappa shape index (κ2) is 5.19. The van der Waals surface area contributed by atoms with Crippen LogP contribution in [0.3, 0.4) is 0 Å². The van der Waals surface area contributed by atoms with Crippen molar-refractivity contribution in [1.82, 2.24) is 10.2 Å². The minimum atomic E-state index is 0.0582. The lowest BCUT2D eigenvalue weighted by atomic mass is 9.88. The van der Waals surface area contributed by atoms with E-state index in [0.29, 0.717) is 17.5 Å². The van der Waals surface area contributed by atoms with E-state index in [4.69, 9.17) is 0 Å². The zero-order chi connectivity index (χ0) is 11.4. The summed E-state index contributed by atoms with van der Waals surface area (Å²) in [5.74, 6) is 1.36. The first-order valence-electron chi connectivity index (χ1n) is 5.72. The monoisotopic (exact) mass is 210 g/mol. The maximum Gasteiger partial charge on any atom is 0.269 e. The standard InChI is InChI=1S/C12H22N2O/c1-9(2)11-6-5-7-14(8-11)12(15)10(3)13-4/h9,11,13H,3,5-8H2,1-2,4H3. The summed E-state index contributed by atoms with van der Waals surface area (Å²) >= 11 is 0.